The van der Waals surface area contributed by atoms with E-state index in [-0.39, 0.29) is 5.82 Å². The molecule has 0 amide bonds. The molecule has 0 spiro atoms. The number of hydrogen-bond acceptors (Lipinski definition) is 2. The third-order valence-electron chi connectivity index (χ3n) is 5.04. The SMILES string of the molecule is Fc1ccccc1OCCCCN1CCC(Cc2ccccc2)CC1. The Hall–Kier alpha value is -1.87. The van der Waals surface area contributed by atoms with E-state index in [0.29, 0.717) is 12.4 Å². The third kappa shape index (κ3) is 5.86. The lowest BCUT2D eigenvalue weighted by Gasteiger charge is -2.32. The molecule has 1 aliphatic heterocycles. The van der Waals surface area contributed by atoms with Gasteiger partial charge in [-0.25, -0.2) is 4.39 Å². The minimum absolute atomic E-state index is 0.275. The third-order valence-corrected chi connectivity index (χ3v) is 5.04. The minimum atomic E-state index is -0.275. The van der Waals surface area contributed by atoms with Gasteiger partial charge < -0.3 is 9.64 Å². The molecule has 25 heavy (non-hydrogen) atoms. The Morgan fingerprint density at radius 1 is 0.920 bits per heavy atom. The predicted molar refractivity (Wildman–Crippen MR) is 100 cm³/mol. The summed E-state index contributed by atoms with van der Waals surface area (Å²) < 4.78 is 19.0. The van der Waals surface area contributed by atoms with Crippen LogP contribution in [0.3, 0.4) is 0 Å². The topological polar surface area (TPSA) is 12.5 Å². The van der Waals surface area contributed by atoms with E-state index < -0.39 is 0 Å². The van der Waals surface area contributed by atoms with Crippen LogP contribution in [0.2, 0.25) is 0 Å². The molecule has 0 aromatic heterocycles. The van der Waals surface area contributed by atoms with Crippen LogP contribution in [0.25, 0.3) is 0 Å². The number of para-hydroxylation sites is 1. The summed E-state index contributed by atoms with van der Waals surface area (Å²) in [6.45, 7) is 4.11. The van der Waals surface area contributed by atoms with Crippen LogP contribution >= 0.6 is 0 Å². The van der Waals surface area contributed by atoms with Crippen LogP contribution in [0, 0.1) is 11.7 Å². The molecule has 0 saturated carbocycles. The molecule has 0 N–H and O–H groups in total. The second-order valence-electron chi connectivity index (χ2n) is 6.96. The molecule has 2 nitrogen and oxygen atoms in total. The number of rotatable bonds is 8. The van der Waals surface area contributed by atoms with Crippen molar-refractivity contribution in [1.29, 1.82) is 0 Å². The van der Waals surface area contributed by atoms with Crippen LogP contribution in [0.4, 0.5) is 4.39 Å². The molecule has 0 radical (unpaired) electrons. The smallest absolute Gasteiger partial charge is 0.165 e. The van der Waals surface area contributed by atoms with Crippen molar-refractivity contribution >= 4 is 0 Å². The molecule has 0 atom stereocenters. The maximum Gasteiger partial charge on any atom is 0.165 e. The van der Waals surface area contributed by atoms with Crippen molar-refractivity contribution in [2.45, 2.75) is 32.1 Å². The van der Waals surface area contributed by atoms with Gasteiger partial charge in [0.15, 0.2) is 11.6 Å². The molecule has 1 fully saturated rings. The monoisotopic (exact) mass is 341 g/mol. The van der Waals surface area contributed by atoms with Gasteiger partial charge in [0, 0.05) is 0 Å². The molecule has 3 heteroatoms. The molecule has 1 heterocycles. The van der Waals surface area contributed by atoms with Crippen LogP contribution < -0.4 is 4.74 Å². The Bertz CT molecular complexity index is 623. The van der Waals surface area contributed by atoms with Crippen molar-refractivity contribution in [2.75, 3.05) is 26.2 Å². The summed E-state index contributed by atoms with van der Waals surface area (Å²) in [6, 6.07) is 17.4. The predicted octanol–water partition coefficient (Wildman–Crippen LogP) is 4.94. The Morgan fingerprint density at radius 2 is 1.64 bits per heavy atom. The molecule has 2 aromatic rings. The quantitative estimate of drug-likeness (QED) is 0.631. The van der Waals surface area contributed by atoms with Gasteiger partial charge in [-0.2, -0.15) is 0 Å². The molecule has 3 rings (SSSR count). The highest BCUT2D eigenvalue weighted by Gasteiger charge is 2.18. The van der Waals surface area contributed by atoms with Gasteiger partial charge in [0.25, 0.3) is 0 Å². The summed E-state index contributed by atoms with van der Waals surface area (Å²) in [4.78, 5) is 2.56. The largest absolute Gasteiger partial charge is 0.491 e. The van der Waals surface area contributed by atoms with Crippen molar-refractivity contribution in [3.05, 3.63) is 66.0 Å². The summed E-state index contributed by atoms with van der Waals surface area (Å²) in [5.41, 5.74) is 1.46. The number of hydrogen-bond donors (Lipinski definition) is 0. The van der Waals surface area contributed by atoms with Crippen molar-refractivity contribution in [2.24, 2.45) is 5.92 Å². The van der Waals surface area contributed by atoms with Crippen molar-refractivity contribution in [3.8, 4) is 5.75 Å². The number of nitrogens with zero attached hydrogens (tertiary/aromatic N) is 1. The molecule has 0 unspecified atom stereocenters. The standard InChI is InChI=1S/C22H28FNO/c23-21-10-4-5-11-22(21)25-17-7-6-14-24-15-12-20(13-16-24)18-19-8-2-1-3-9-19/h1-5,8-11,20H,6-7,12-18H2. The van der Waals surface area contributed by atoms with Gasteiger partial charge >= 0.3 is 0 Å². The van der Waals surface area contributed by atoms with Crippen LogP contribution in [0.1, 0.15) is 31.2 Å². The molecular weight excluding hydrogens is 313 g/mol. The fraction of sp³-hybridized carbons (Fsp3) is 0.455. The van der Waals surface area contributed by atoms with Crippen LogP contribution in [-0.2, 0) is 6.42 Å². The lowest BCUT2D eigenvalue weighted by molar-refractivity contribution is 0.177. The van der Waals surface area contributed by atoms with Gasteiger partial charge in [-0.15, -0.1) is 0 Å². The number of ether oxygens (including phenoxy) is 1. The maximum absolute atomic E-state index is 13.4. The van der Waals surface area contributed by atoms with Crippen LogP contribution in [0.5, 0.6) is 5.75 Å². The lowest BCUT2D eigenvalue weighted by Crippen LogP contribution is -2.35. The van der Waals surface area contributed by atoms with E-state index in [9.17, 15) is 4.39 Å². The van der Waals surface area contributed by atoms with E-state index >= 15 is 0 Å². The maximum atomic E-state index is 13.4. The first kappa shape index (κ1) is 17.9. The summed E-state index contributed by atoms with van der Waals surface area (Å²) >= 11 is 0. The second kappa shape index (κ2) is 9.57. The highest BCUT2D eigenvalue weighted by atomic mass is 19.1. The summed E-state index contributed by atoms with van der Waals surface area (Å²) in [5.74, 6) is 0.912. The minimum Gasteiger partial charge on any atom is -0.491 e. The van der Waals surface area contributed by atoms with E-state index in [0.717, 1.165) is 25.3 Å². The molecule has 2 aromatic carbocycles. The summed E-state index contributed by atoms with van der Waals surface area (Å²) in [5, 5.41) is 0. The van der Waals surface area contributed by atoms with E-state index in [1.54, 1.807) is 18.2 Å². The highest BCUT2D eigenvalue weighted by molar-refractivity contribution is 5.23. The van der Waals surface area contributed by atoms with Crippen molar-refractivity contribution in [1.82, 2.24) is 4.90 Å². The average molecular weight is 341 g/mol. The van der Waals surface area contributed by atoms with E-state index in [4.69, 9.17) is 4.74 Å². The van der Waals surface area contributed by atoms with Gasteiger partial charge in [0.2, 0.25) is 0 Å². The Balaban J connectivity index is 1.27. The zero-order valence-electron chi connectivity index (χ0n) is 14.9. The number of unbranched alkanes of at least 4 members (excludes halogenated alkanes) is 1. The number of likely N-dealkylation sites (tertiary alicyclic amines) is 1. The van der Waals surface area contributed by atoms with Gasteiger partial charge in [0.1, 0.15) is 0 Å². The zero-order chi connectivity index (χ0) is 17.3. The van der Waals surface area contributed by atoms with E-state index in [2.05, 4.69) is 35.2 Å². The van der Waals surface area contributed by atoms with Gasteiger partial charge in [0.05, 0.1) is 6.61 Å². The van der Waals surface area contributed by atoms with Crippen LogP contribution in [-0.4, -0.2) is 31.1 Å². The lowest BCUT2D eigenvalue weighted by atomic mass is 9.90. The van der Waals surface area contributed by atoms with Gasteiger partial charge in [-0.1, -0.05) is 42.5 Å². The normalized spacial score (nSPS) is 16.0. The second-order valence-corrected chi connectivity index (χ2v) is 6.96. The van der Waals surface area contributed by atoms with E-state index in [1.807, 2.05) is 0 Å². The molecule has 0 bridgehead atoms. The highest BCUT2D eigenvalue weighted by Crippen LogP contribution is 2.22. The first-order valence-electron chi connectivity index (χ1n) is 9.45. The van der Waals surface area contributed by atoms with Crippen LogP contribution in [0.15, 0.2) is 54.6 Å². The number of halogens is 1. The Kier molecular flexibility index (Phi) is 6.87. The zero-order valence-corrected chi connectivity index (χ0v) is 14.9. The van der Waals surface area contributed by atoms with Gasteiger partial charge in [-0.3, -0.25) is 0 Å². The fourth-order valence-electron chi connectivity index (χ4n) is 3.54. The molecule has 1 saturated heterocycles. The fourth-order valence-corrected chi connectivity index (χ4v) is 3.54. The van der Waals surface area contributed by atoms with Crippen molar-refractivity contribution in [3.63, 3.8) is 0 Å². The number of benzene rings is 2. The number of piperidine rings is 1. The van der Waals surface area contributed by atoms with Gasteiger partial charge in [-0.05, 0) is 75.4 Å². The first-order chi connectivity index (χ1) is 12.3. The first-order valence-corrected chi connectivity index (χ1v) is 9.45. The Morgan fingerprint density at radius 3 is 2.40 bits per heavy atom. The summed E-state index contributed by atoms with van der Waals surface area (Å²) in [6.07, 6.45) is 5.88. The molecule has 134 valence electrons. The Labute approximate surface area is 150 Å². The molecular formula is C22H28FNO. The molecule has 1 aliphatic rings. The average Bonchev–Trinajstić information content (AvgIpc) is 2.65. The van der Waals surface area contributed by atoms with Crippen molar-refractivity contribution < 1.29 is 9.13 Å². The molecule has 0 aliphatic carbocycles. The summed E-state index contributed by atoms with van der Waals surface area (Å²) in [7, 11) is 0. The van der Waals surface area contributed by atoms with E-state index in [1.165, 1.54) is 44.0 Å².